The van der Waals surface area contributed by atoms with Gasteiger partial charge in [0.2, 0.25) is 5.78 Å². The zero-order chi connectivity index (χ0) is 25.3. The molecule has 11 heteroatoms. The van der Waals surface area contributed by atoms with E-state index in [1.54, 1.807) is 6.07 Å². The van der Waals surface area contributed by atoms with Crippen molar-refractivity contribution in [3.8, 4) is 11.5 Å². The molecule has 35 heavy (non-hydrogen) atoms. The van der Waals surface area contributed by atoms with Crippen LogP contribution >= 0.6 is 0 Å². The molecule has 11 nitrogen and oxygen atoms in total. The number of ether oxygens (including phenoxy) is 3. The molecule has 3 heterocycles. The van der Waals surface area contributed by atoms with Crippen molar-refractivity contribution in [3.05, 3.63) is 68.8 Å². The Hall–Kier alpha value is -4.15. The van der Waals surface area contributed by atoms with Crippen LogP contribution in [0, 0.1) is 37.8 Å². The molecule has 4 rings (SSSR count). The van der Waals surface area contributed by atoms with E-state index in [1.165, 1.54) is 18.5 Å². The molecule has 184 valence electrons. The van der Waals surface area contributed by atoms with Gasteiger partial charge in [0.05, 0.1) is 11.5 Å². The number of Topliss-reactive ketones (excluding diaryl/α,β-unsaturated/α-hetero) is 1. The fourth-order valence-electron chi connectivity index (χ4n) is 4.22. The summed E-state index contributed by atoms with van der Waals surface area (Å²) in [7, 11) is 0. The molecule has 3 aromatic rings. The Morgan fingerprint density at radius 2 is 1.89 bits per heavy atom. The number of hydrogen-bond donors (Lipinski definition) is 0. The van der Waals surface area contributed by atoms with Crippen molar-refractivity contribution in [1.82, 2.24) is 14.3 Å². The van der Waals surface area contributed by atoms with Gasteiger partial charge in [-0.05, 0) is 45.9 Å². The molecule has 1 aliphatic rings. The summed E-state index contributed by atoms with van der Waals surface area (Å²) in [4.78, 5) is 35.7. The molecule has 0 fully saturated rings. The molecule has 0 bridgehead atoms. The van der Waals surface area contributed by atoms with Crippen LogP contribution in [-0.2, 0) is 22.6 Å². The Kier molecular flexibility index (Phi) is 6.59. The molecular weight excluding hydrogens is 456 g/mol. The smallest absolute Gasteiger partial charge is 0.328 e. The van der Waals surface area contributed by atoms with Gasteiger partial charge >= 0.3 is 11.7 Å². The summed E-state index contributed by atoms with van der Waals surface area (Å²) in [6.45, 7) is 6.84. The van der Waals surface area contributed by atoms with Gasteiger partial charge < -0.3 is 18.8 Å². The maximum Gasteiger partial charge on any atom is 0.328 e. The van der Waals surface area contributed by atoms with Crippen LogP contribution in [0.5, 0.6) is 11.5 Å². The normalized spacial score (nSPS) is 14.6. The zero-order valence-electron chi connectivity index (χ0n) is 19.9. The van der Waals surface area contributed by atoms with Crippen LogP contribution in [0.1, 0.15) is 33.1 Å². The molecule has 0 N–H and O–H groups in total. The van der Waals surface area contributed by atoms with Crippen LogP contribution in [0.2, 0.25) is 0 Å². The Morgan fingerprint density at radius 3 is 2.57 bits per heavy atom. The van der Waals surface area contributed by atoms with Crippen LogP contribution in [0.15, 0.2) is 30.3 Å². The second-order valence-electron chi connectivity index (χ2n) is 8.41. The minimum absolute atomic E-state index is 0.142. The van der Waals surface area contributed by atoms with E-state index in [-0.39, 0.29) is 35.5 Å². The van der Waals surface area contributed by atoms with E-state index in [9.17, 15) is 19.7 Å². The summed E-state index contributed by atoms with van der Waals surface area (Å²) in [5.74, 6) is 0.335. The SMILES string of the molecule is Cc1nn(CC(=O)OCC(=O)c2cc(C)n(C[C@H]3COc4ccccc4O3)c2C)c(C)c1[N+](=O)[O-]. The number of aromatic nitrogens is 3. The first-order valence-electron chi connectivity index (χ1n) is 11.1. The first kappa shape index (κ1) is 24.0. The highest BCUT2D eigenvalue weighted by Crippen LogP contribution is 2.31. The summed E-state index contributed by atoms with van der Waals surface area (Å²) in [5.41, 5.74) is 2.37. The zero-order valence-corrected chi connectivity index (χ0v) is 19.9. The molecule has 0 saturated carbocycles. The van der Waals surface area contributed by atoms with Crippen molar-refractivity contribution in [1.29, 1.82) is 0 Å². The van der Waals surface area contributed by atoms with Gasteiger partial charge in [0.1, 0.15) is 24.5 Å². The number of para-hydroxylation sites is 2. The minimum atomic E-state index is -0.709. The van der Waals surface area contributed by atoms with E-state index in [4.69, 9.17) is 14.2 Å². The molecule has 0 spiro atoms. The van der Waals surface area contributed by atoms with Gasteiger partial charge in [-0.3, -0.25) is 24.4 Å². The average Bonchev–Trinajstić information content (AvgIpc) is 3.26. The minimum Gasteiger partial charge on any atom is -0.486 e. The number of nitrogens with zero attached hydrogens (tertiary/aromatic N) is 4. The van der Waals surface area contributed by atoms with Crippen molar-refractivity contribution in [2.24, 2.45) is 0 Å². The number of rotatable bonds is 8. The number of carbonyl (C=O) groups excluding carboxylic acids is 2. The number of fused-ring (bicyclic) bond motifs is 1. The Balaban J connectivity index is 1.37. The third kappa shape index (κ3) is 4.88. The van der Waals surface area contributed by atoms with E-state index in [0.717, 1.165) is 11.4 Å². The number of ketones is 1. The summed E-state index contributed by atoms with van der Waals surface area (Å²) in [6.07, 6.45) is -0.222. The second-order valence-corrected chi connectivity index (χ2v) is 8.41. The summed E-state index contributed by atoms with van der Waals surface area (Å²) < 4.78 is 20.1. The molecular formula is C24H26N4O7. The van der Waals surface area contributed by atoms with Gasteiger partial charge in [-0.25, -0.2) is 0 Å². The summed E-state index contributed by atoms with van der Waals surface area (Å²) in [5, 5.41) is 15.1. The number of esters is 1. The monoisotopic (exact) mass is 482 g/mol. The molecule has 0 aliphatic carbocycles. The van der Waals surface area contributed by atoms with Gasteiger partial charge in [-0.15, -0.1) is 0 Å². The number of benzene rings is 1. The Morgan fingerprint density at radius 1 is 1.17 bits per heavy atom. The van der Waals surface area contributed by atoms with Crippen LogP contribution in [0.4, 0.5) is 5.69 Å². The third-order valence-corrected chi connectivity index (χ3v) is 6.00. The Labute approximate surface area is 201 Å². The highest BCUT2D eigenvalue weighted by molar-refractivity contribution is 5.99. The maximum absolute atomic E-state index is 12.8. The van der Waals surface area contributed by atoms with E-state index >= 15 is 0 Å². The van der Waals surface area contributed by atoms with Crippen molar-refractivity contribution >= 4 is 17.4 Å². The van der Waals surface area contributed by atoms with Crippen LogP contribution < -0.4 is 9.47 Å². The number of carbonyl (C=O) groups is 2. The lowest BCUT2D eigenvalue weighted by molar-refractivity contribution is -0.386. The fourth-order valence-corrected chi connectivity index (χ4v) is 4.22. The van der Waals surface area contributed by atoms with Gasteiger partial charge in [0.15, 0.2) is 24.2 Å². The quantitative estimate of drug-likeness (QED) is 0.207. The molecule has 1 atom stereocenters. The highest BCUT2D eigenvalue weighted by Gasteiger charge is 2.25. The van der Waals surface area contributed by atoms with Crippen molar-refractivity contribution in [2.45, 2.75) is 46.9 Å². The molecule has 0 unspecified atom stereocenters. The molecule has 0 amide bonds. The number of hydrogen-bond acceptors (Lipinski definition) is 8. The highest BCUT2D eigenvalue weighted by atomic mass is 16.6. The molecule has 2 aromatic heterocycles. The predicted octanol–water partition coefficient (Wildman–Crippen LogP) is 3.09. The standard InChI is InChI=1S/C24H26N4O7/c1-14-9-19(16(3)26(14)10-18-12-33-21-7-5-6-8-22(21)35-18)20(29)13-34-23(30)11-27-17(4)24(28(31)32)15(2)25-27/h5-9,18H,10-13H2,1-4H3/t18-/m0/s1. The lowest BCUT2D eigenvalue weighted by Crippen LogP contribution is -2.33. The largest absolute Gasteiger partial charge is 0.486 e. The van der Waals surface area contributed by atoms with Crippen LogP contribution in [0.25, 0.3) is 0 Å². The van der Waals surface area contributed by atoms with E-state index in [1.807, 2.05) is 42.7 Å². The Bertz CT molecular complexity index is 1310. The molecule has 1 aliphatic heterocycles. The van der Waals surface area contributed by atoms with Gasteiger partial charge in [0.25, 0.3) is 0 Å². The van der Waals surface area contributed by atoms with Gasteiger partial charge in [0, 0.05) is 17.0 Å². The number of nitro groups is 1. The lowest BCUT2D eigenvalue weighted by atomic mass is 10.1. The first-order chi connectivity index (χ1) is 16.7. The van der Waals surface area contributed by atoms with Crippen molar-refractivity contribution in [2.75, 3.05) is 13.2 Å². The lowest BCUT2D eigenvalue weighted by Gasteiger charge is -2.27. The van der Waals surface area contributed by atoms with Crippen molar-refractivity contribution in [3.63, 3.8) is 0 Å². The average molecular weight is 482 g/mol. The second kappa shape index (κ2) is 9.61. The first-order valence-corrected chi connectivity index (χ1v) is 11.1. The van der Waals surface area contributed by atoms with E-state index < -0.39 is 17.5 Å². The van der Waals surface area contributed by atoms with Crippen molar-refractivity contribution < 1.29 is 28.7 Å². The van der Waals surface area contributed by atoms with Crippen LogP contribution in [0.3, 0.4) is 0 Å². The predicted molar refractivity (Wildman–Crippen MR) is 124 cm³/mol. The maximum atomic E-state index is 12.8. The molecule has 0 radical (unpaired) electrons. The summed E-state index contributed by atoms with van der Waals surface area (Å²) >= 11 is 0. The molecule has 0 saturated heterocycles. The number of aryl methyl sites for hydroxylation is 2. The van der Waals surface area contributed by atoms with E-state index in [0.29, 0.717) is 30.2 Å². The van der Waals surface area contributed by atoms with Gasteiger partial charge in [-0.2, -0.15) is 5.10 Å². The molecule has 1 aromatic carbocycles. The van der Waals surface area contributed by atoms with E-state index in [2.05, 4.69) is 5.10 Å². The summed E-state index contributed by atoms with van der Waals surface area (Å²) in [6, 6.07) is 9.23. The topological polar surface area (TPSA) is 128 Å². The fraction of sp³-hybridized carbons (Fsp3) is 0.375. The van der Waals surface area contributed by atoms with Crippen LogP contribution in [-0.4, -0.2) is 50.3 Å². The van der Waals surface area contributed by atoms with Gasteiger partial charge in [-0.1, -0.05) is 12.1 Å². The third-order valence-electron chi connectivity index (χ3n) is 6.00.